The van der Waals surface area contributed by atoms with Gasteiger partial charge in [0.15, 0.2) is 0 Å². The molecule has 0 saturated heterocycles. The number of carbonyl (C=O) groups is 1. The van der Waals surface area contributed by atoms with Gasteiger partial charge in [0.25, 0.3) is 0 Å². The molecule has 0 bridgehead atoms. The zero-order valence-electron chi connectivity index (χ0n) is 7.89. The Morgan fingerprint density at radius 3 is 3.36 bits per heavy atom. The summed E-state index contributed by atoms with van der Waals surface area (Å²) in [7, 11) is 0. The van der Waals surface area contributed by atoms with E-state index in [9.17, 15) is 4.79 Å². The number of nitrogens with zero attached hydrogens (tertiary/aromatic N) is 3. The fraction of sp³-hybridized carbons (Fsp3) is 0.667. The first-order valence-electron chi connectivity index (χ1n) is 4.85. The van der Waals surface area contributed by atoms with Crippen LogP contribution >= 0.6 is 0 Å². The van der Waals surface area contributed by atoms with Gasteiger partial charge in [0, 0.05) is 13.0 Å². The molecule has 1 atom stereocenters. The molecule has 0 amide bonds. The molecule has 1 unspecified atom stereocenters. The molecule has 2 rings (SSSR count). The maximum atomic E-state index is 10.4. The predicted octanol–water partition coefficient (Wildman–Crippen LogP) is 0.705. The molecule has 0 saturated carbocycles. The minimum Gasteiger partial charge on any atom is -0.481 e. The third-order valence-electron chi connectivity index (χ3n) is 2.70. The van der Waals surface area contributed by atoms with Crippen molar-refractivity contribution in [3.63, 3.8) is 0 Å². The number of fused-ring (bicyclic) bond motifs is 1. The van der Waals surface area contributed by atoms with E-state index in [1.165, 1.54) is 0 Å². The van der Waals surface area contributed by atoms with Crippen LogP contribution in [0.3, 0.4) is 0 Å². The second-order valence-electron chi connectivity index (χ2n) is 3.74. The van der Waals surface area contributed by atoms with Crippen molar-refractivity contribution in [3.8, 4) is 0 Å². The number of hydrogen-bond donors (Lipinski definition) is 1. The zero-order chi connectivity index (χ0) is 9.97. The molecule has 5 nitrogen and oxygen atoms in total. The maximum Gasteiger partial charge on any atom is 0.303 e. The standard InChI is InChI=1S/C9H13N3O2/c13-9(14)4-2-7-1-3-8-5-10-11-12(8)6-7/h5,7H,1-4,6H2,(H,13,14). The molecule has 1 aliphatic heterocycles. The van der Waals surface area contributed by atoms with E-state index in [1.807, 2.05) is 4.68 Å². The lowest BCUT2D eigenvalue weighted by molar-refractivity contribution is -0.137. The number of hydrogen-bond acceptors (Lipinski definition) is 3. The molecule has 2 heterocycles. The smallest absolute Gasteiger partial charge is 0.303 e. The van der Waals surface area contributed by atoms with Crippen molar-refractivity contribution in [2.45, 2.75) is 32.2 Å². The summed E-state index contributed by atoms with van der Waals surface area (Å²) in [5.74, 6) is -0.269. The zero-order valence-corrected chi connectivity index (χ0v) is 7.89. The second-order valence-corrected chi connectivity index (χ2v) is 3.74. The molecule has 1 aromatic heterocycles. The van der Waals surface area contributed by atoms with Crippen LogP contribution in [-0.2, 0) is 17.8 Å². The number of aromatic nitrogens is 3. The van der Waals surface area contributed by atoms with Crippen molar-refractivity contribution in [1.82, 2.24) is 15.0 Å². The Bertz CT molecular complexity index is 335. The van der Waals surface area contributed by atoms with Crippen LogP contribution in [0.15, 0.2) is 6.20 Å². The van der Waals surface area contributed by atoms with Crippen LogP contribution in [0.1, 0.15) is 25.0 Å². The van der Waals surface area contributed by atoms with Gasteiger partial charge in [-0.25, -0.2) is 4.68 Å². The highest BCUT2D eigenvalue weighted by atomic mass is 16.4. The molecule has 0 spiro atoms. The fourth-order valence-corrected chi connectivity index (χ4v) is 1.88. The topological polar surface area (TPSA) is 68.0 Å². The van der Waals surface area contributed by atoms with Gasteiger partial charge < -0.3 is 5.11 Å². The molecule has 0 aromatic carbocycles. The van der Waals surface area contributed by atoms with E-state index >= 15 is 0 Å². The Kier molecular flexibility index (Phi) is 2.47. The van der Waals surface area contributed by atoms with Gasteiger partial charge in [-0.2, -0.15) is 0 Å². The average molecular weight is 195 g/mol. The van der Waals surface area contributed by atoms with Crippen molar-refractivity contribution in [2.24, 2.45) is 5.92 Å². The van der Waals surface area contributed by atoms with Crippen molar-refractivity contribution >= 4 is 5.97 Å². The second kappa shape index (κ2) is 3.77. The van der Waals surface area contributed by atoms with Crippen molar-refractivity contribution in [1.29, 1.82) is 0 Å². The number of aryl methyl sites for hydroxylation is 1. The van der Waals surface area contributed by atoms with E-state index < -0.39 is 5.97 Å². The Labute approximate surface area is 81.7 Å². The largest absolute Gasteiger partial charge is 0.481 e. The summed E-state index contributed by atoms with van der Waals surface area (Å²) in [4.78, 5) is 10.4. The summed E-state index contributed by atoms with van der Waals surface area (Å²) in [5, 5.41) is 16.3. The highest BCUT2D eigenvalue weighted by molar-refractivity contribution is 5.66. The highest BCUT2D eigenvalue weighted by Crippen LogP contribution is 2.22. The first kappa shape index (κ1) is 9.18. The van der Waals surface area contributed by atoms with E-state index in [2.05, 4.69) is 10.3 Å². The van der Waals surface area contributed by atoms with E-state index in [0.29, 0.717) is 5.92 Å². The number of carboxylic acids is 1. The van der Waals surface area contributed by atoms with Crippen LogP contribution in [-0.4, -0.2) is 26.1 Å². The minimum atomic E-state index is -0.714. The molecule has 1 N–H and O–H groups in total. The van der Waals surface area contributed by atoms with Crippen LogP contribution < -0.4 is 0 Å². The molecule has 1 aromatic rings. The predicted molar refractivity (Wildman–Crippen MR) is 48.7 cm³/mol. The van der Waals surface area contributed by atoms with Gasteiger partial charge >= 0.3 is 5.97 Å². The number of rotatable bonds is 3. The Hall–Kier alpha value is -1.39. The van der Waals surface area contributed by atoms with Gasteiger partial charge in [-0.1, -0.05) is 5.21 Å². The van der Waals surface area contributed by atoms with E-state index in [1.54, 1.807) is 6.20 Å². The van der Waals surface area contributed by atoms with Crippen LogP contribution in [0, 0.1) is 5.92 Å². The lowest BCUT2D eigenvalue weighted by atomic mass is 9.94. The SMILES string of the molecule is O=C(O)CCC1CCc2cnnn2C1. The summed E-state index contributed by atoms with van der Waals surface area (Å²) in [5.41, 5.74) is 1.16. The molecule has 0 aliphatic carbocycles. The van der Waals surface area contributed by atoms with Gasteiger partial charge in [0.1, 0.15) is 0 Å². The fourth-order valence-electron chi connectivity index (χ4n) is 1.88. The van der Waals surface area contributed by atoms with E-state index in [4.69, 9.17) is 5.11 Å². The molecule has 5 heteroatoms. The van der Waals surface area contributed by atoms with E-state index in [-0.39, 0.29) is 6.42 Å². The van der Waals surface area contributed by atoms with E-state index in [0.717, 1.165) is 31.5 Å². The Morgan fingerprint density at radius 1 is 1.71 bits per heavy atom. The first-order valence-corrected chi connectivity index (χ1v) is 4.85. The monoisotopic (exact) mass is 195 g/mol. The van der Waals surface area contributed by atoms with Crippen molar-refractivity contribution in [2.75, 3.05) is 0 Å². The number of aliphatic carboxylic acids is 1. The van der Waals surface area contributed by atoms with Crippen LogP contribution in [0.2, 0.25) is 0 Å². The summed E-state index contributed by atoms with van der Waals surface area (Å²) in [6.07, 6.45) is 4.81. The normalized spacial score (nSPS) is 20.4. The lowest BCUT2D eigenvalue weighted by Crippen LogP contribution is -2.21. The molecular formula is C9H13N3O2. The molecule has 76 valence electrons. The number of carboxylic acid groups (broad SMARTS) is 1. The Morgan fingerprint density at radius 2 is 2.57 bits per heavy atom. The summed E-state index contributed by atoms with van der Waals surface area (Å²) < 4.78 is 1.88. The highest BCUT2D eigenvalue weighted by Gasteiger charge is 2.19. The van der Waals surface area contributed by atoms with Crippen molar-refractivity contribution < 1.29 is 9.90 Å². The molecule has 14 heavy (non-hydrogen) atoms. The molecule has 1 aliphatic rings. The minimum absolute atomic E-state index is 0.259. The van der Waals surface area contributed by atoms with Gasteiger partial charge in [-0.3, -0.25) is 4.79 Å². The third-order valence-corrected chi connectivity index (χ3v) is 2.70. The maximum absolute atomic E-state index is 10.4. The third kappa shape index (κ3) is 1.92. The Balaban J connectivity index is 1.91. The van der Waals surface area contributed by atoms with Gasteiger partial charge in [0.05, 0.1) is 11.9 Å². The lowest BCUT2D eigenvalue weighted by Gasteiger charge is -2.21. The molecule has 0 radical (unpaired) electrons. The summed E-state index contributed by atoms with van der Waals surface area (Å²) in [6, 6.07) is 0. The van der Waals surface area contributed by atoms with Crippen LogP contribution in [0.25, 0.3) is 0 Å². The molecular weight excluding hydrogens is 182 g/mol. The van der Waals surface area contributed by atoms with Gasteiger partial charge in [-0.05, 0) is 25.2 Å². The van der Waals surface area contributed by atoms with Crippen molar-refractivity contribution in [3.05, 3.63) is 11.9 Å². The van der Waals surface area contributed by atoms with Gasteiger partial charge in [0.2, 0.25) is 0 Å². The van der Waals surface area contributed by atoms with Crippen LogP contribution in [0.5, 0.6) is 0 Å². The summed E-state index contributed by atoms with van der Waals surface area (Å²) in [6.45, 7) is 0.822. The average Bonchev–Trinajstić information content (AvgIpc) is 2.61. The van der Waals surface area contributed by atoms with Gasteiger partial charge in [-0.15, -0.1) is 5.10 Å². The van der Waals surface area contributed by atoms with Crippen LogP contribution in [0.4, 0.5) is 0 Å². The summed E-state index contributed by atoms with van der Waals surface area (Å²) >= 11 is 0. The first-order chi connectivity index (χ1) is 6.75. The molecule has 0 fully saturated rings. The quantitative estimate of drug-likeness (QED) is 0.771.